The van der Waals surface area contributed by atoms with Crippen molar-refractivity contribution in [3.8, 4) is 5.75 Å². The van der Waals surface area contributed by atoms with E-state index in [0.717, 1.165) is 21.9 Å². The molecule has 0 saturated carbocycles. The van der Waals surface area contributed by atoms with Crippen LogP contribution in [0, 0.1) is 5.82 Å². The van der Waals surface area contributed by atoms with Crippen LogP contribution in [0.1, 0.15) is 86.1 Å². The molecule has 13 N–H and O–H groups in total. The average Bonchev–Trinajstić information content (AvgIpc) is 1.54. The number of amides is 10. The van der Waals surface area contributed by atoms with Crippen LogP contribution in [-0.4, -0.2) is 165 Å². The number of unbranched alkanes of at least 4 members (excludes halogenated alkanes) is 1. The number of primary amides is 1. The second kappa shape index (κ2) is 33.2. The monoisotopic (exact) mass is 1320 g/mol. The summed E-state index contributed by atoms with van der Waals surface area (Å²) in [4.78, 5) is 148. The van der Waals surface area contributed by atoms with E-state index >= 15 is 9.59 Å². The summed E-state index contributed by atoms with van der Waals surface area (Å²) >= 11 is 2.88. The first kappa shape index (κ1) is 69.3. The number of aromatic amines is 1. The molecule has 4 heterocycles. The van der Waals surface area contributed by atoms with Gasteiger partial charge < -0.3 is 68.6 Å². The average molecular weight is 1330 g/mol. The Bertz CT molecular complexity index is 3740. The number of H-pyrrole nitrogens is 1. The zero-order chi connectivity index (χ0) is 66.8. The van der Waals surface area contributed by atoms with Crippen molar-refractivity contribution in [2.75, 3.05) is 37.7 Å². The molecular weight excluding hydrogens is 1240 g/mol. The van der Waals surface area contributed by atoms with E-state index in [-0.39, 0.29) is 69.5 Å². The number of carbonyl (C=O) groups is 10. The van der Waals surface area contributed by atoms with Crippen molar-refractivity contribution in [1.29, 1.82) is 0 Å². The predicted molar refractivity (Wildman–Crippen MR) is 357 cm³/mol. The highest BCUT2D eigenvalue weighted by molar-refractivity contribution is 7.98. The molecule has 3 aliphatic heterocycles. The Balaban J connectivity index is 1.01. The Morgan fingerprint density at radius 1 is 0.617 bits per heavy atom. The van der Waals surface area contributed by atoms with E-state index in [1.165, 1.54) is 70.6 Å². The minimum absolute atomic E-state index is 0.0336. The number of phenolic OH excluding ortho intramolecular Hbond substituents is 1. The Hall–Kier alpha value is -9.01. The lowest BCUT2D eigenvalue weighted by Crippen LogP contribution is -2.60. The molecule has 10 amide bonds. The first-order valence-electron chi connectivity index (χ1n) is 31.7. The van der Waals surface area contributed by atoms with Crippen molar-refractivity contribution in [1.82, 2.24) is 52.0 Å². The molecule has 2 fully saturated rings. The third-order valence-electron chi connectivity index (χ3n) is 17.1. The number of phenols is 1. The van der Waals surface area contributed by atoms with Gasteiger partial charge in [-0.05, 0) is 127 Å². The van der Waals surface area contributed by atoms with E-state index in [2.05, 4.69) is 42.2 Å². The van der Waals surface area contributed by atoms with Crippen molar-refractivity contribution >= 4 is 104 Å². The number of aromatic nitrogens is 1. The van der Waals surface area contributed by atoms with E-state index in [9.17, 15) is 47.9 Å². The maximum Gasteiger partial charge on any atom is 0.246 e. The highest BCUT2D eigenvalue weighted by Gasteiger charge is 2.42. The number of hydrogen-bond acceptors (Lipinski definition) is 14. The topological polar surface area (TPSA) is 349 Å². The van der Waals surface area contributed by atoms with Crippen LogP contribution in [0.25, 0.3) is 21.7 Å². The third kappa shape index (κ3) is 18.6. The van der Waals surface area contributed by atoms with E-state index in [1.54, 1.807) is 18.3 Å². The molecule has 2 bridgehead atoms. The highest BCUT2D eigenvalue weighted by Crippen LogP contribution is 2.27. The van der Waals surface area contributed by atoms with Gasteiger partial charge in [-0.2, -0.15) is 23.5 Å². The second-order valence-corrected chi connectivity index (χ2v) is 26.1. The number of nitrogens with zero attached hydrogens (tertiary/aromatic N) is 2. The van der Waals surface area contributed by atoms with Crippen LogP contribution < -0.4 is 48.7 Å². The van der Waals surface area contributed by atoms with Crippen LogP contribution in [0.3, 0.4) is 0 Å². The number of carbonyl (C=O) groups excluding carboxylic acids is 10. The van der Waals surface area contributed by atoms with Crippen molar-refractivity contribution in [3.05, 3.63) is 149 Å². The minimum atomic E-state index is -1.45. The second-order valence-electron chi connectivity index (χ2n) is 24.0. The molecule has 0 radical (unpaired) electrons. The molecule has 0 unspecified atom stereocenters. The van der Waals surface area contributed by atoms with Crippen LogP contribution in [0.15, 0.2) is 115 Å². The fourth-order valence-corrected chi connectivity index (χ4v) is 14.0. The molecule has 2 saturated heterocycles. The molecule has 6 aromatic rings. The van der Waals surface area contributed by atoms with E-state index < -0.39 is 120 Å². The van der Waals surface area contributed by atoms with Crippen LogP contribution in [0.5, 0.6) is 5.75 Å². The first-order chi connectivity index (χ1) is 45.3. The number of fused-ring (bicyclic) bond motifs is 6. The SMILES string of the molecule is C[C@@H]1NC(=O)[C@@H]2CCCN2C(=O)[C@H](Cc2cccc3ccccc23)NC(=O)[C@H](Cc2c[nH]c3ccc(F)cc23)NC(=O)CNC(=O)[C@H](CCCCN)NC(=O)CCSCc2cccc(c2)CSC[C@@H](C(N)=O)NC(=O)[C@@H]2CCCN2C(=O)[C@H](Cc2ccc(O)cc2)NC1=O. The standard InChI is InChI=1S/C68H81FN12O11S2/c1-40-62(86)77-54(31-41-19-22-48(82)23-20-41)67(91)81-28-9-18-58(81)66(90)79-56(61(71)85)39-94-38-43-11-6-10-42(30-43)37-93-29-25-59(83)75-52(16-4-5-26-70)63(87)73-36-60(84)76-53(33-46-35-72-51-24-21-47(69)34-50(46)51)64(88)78-55(68(92)80-27-8-17-57(80)65(89)74-40)32-45-14-7-13-44-12-2-3-15-49(44)45/h2-3,6-7,10-15,19-24,30,34-35,40,52-58,72,82H,4-5,8-9,16-18,25-29,31-33,36-39,70H2,1H3,(H2,71,85)(H,73,87)(H,74,89)(H,75,83)(H,76,84)(H,77,86)(H,78,88)(H,79,90)/t40-,52-,53-,54-,55-,56-,57-,58-/m0/s1. The summed E-state index contributed by atoms with van der Waals surface area (Å²) in [5.74, 6) is -5.84. The Morgan fingerprint density at radius 2 is 1.26 bits per heavy atom. The number of nitrogens with two attached hydrogens (primary N) is 2. The first-order valence-corrected chi connectivity index (χ1v) is 34.0. The molecule has 23 nitrogen and oxygen atoms in total. The number of halogens is 1. The van der Waals surface area contributed by atoms with Gasteiger partial charge in [0.2, 0.25) is 59.1 Å². The normalized spacial score (nSPS) is 23.4. The van der Waals surface area contributed by atoms with Crippen molar-refractivity contribution in [2.45, 2.75) is 137 Å². The smallest absolute Gasteiger partial charge is 0.246 e. The molecule has 9 rings (SSSR count). The number of thioether (sulfide) groups is 2. The van der Waals surface area contributed by atoms with E-state index in [1.807, 2.05) is 66.7 Å². The van der Waals surface area contributed by atoms with Gasteiger partial charge >= 0.3 is 0 Å². The lowest BCUT2D eigenvalue weighted by molar-refractivity contribution is -0.143. The van der Waals surface area contributed by atoms with Gasteiger partial charge in [0.1, 0.15) is 59.9 Å². The predicted octanol–water partition coefficient (Wildman–Crippen LogP) is 3.41. The quantitative estimate of drug-likeness (QED) is 0.0829. The summed E-state index contributed by atoms with van der Waals surface area (Å²) in [5.41, 5.74) is 15.7. The number of nitrogens with one attached hydrogen (secondary N) is 8. The van der Waals surface area contributed by atoms with Crippen LogP contribution >= 0.6 is 23.5 Å². The maximum absolute atomic E-state index is 15.3. The summed E-state index contributed by atoms with van der Waals surface area (Å²) in [5, 5.41) is 31.5. The molecule has 498 valence electrons. The molecule has 3 aliphatic rings. The summed E-state index contributed by atoms with van der Waals surface area (Å²) in [6.07, 6.45) is 3.72. The molecule has 8 atom stereocenters. The van der Waals surface area contributed by atoms with E-state index in [0.29, 0.717) is 77.1 Å². The molecule has 0 spiro atoms. The molecule has 0 aliphatic carbocycles. The van der Waals surface area contributed by atoms with Gasteiger partial charge in [0, 0.05) is 78.9 Å². The lowest BCUT2D eigenvalue weighted by Gasteiger charge is -2.31. The highest BCUT2D eigenvalue weighted by atomic mass is 32.2. The number of aromatic hydroxyl groups is 1. The number of benzene rings is 5. The van der Waals surface area contributed by atoms with Gasteiger partial charge in [-0.25, -0.2) is 4.39 Å². The fourth-order valence-electron chi connectivity index (χ4n) is 12.1. The summed E-state index contributed by atoms with van der Waals surface area (Å²) in [6.45, 7) is 1.36. The van der Waals surface area contributed by atoms with Gasteiger partial charge in [0.05, 0.1) is 6.54 Å². The molecule has 26 heteroatoms. The van der Waals surface area contributed by atoms with Crippen molar-refractivity contribution < 1.29 is 57.4 Å². The lowest BCUT2D eigenvalue weighted by atomic mass is 9.97. The zero-order valence-electron chi connectivity index (χ0n) is 52.3. The van der Waals surface area contributed by atoms with Gasteiger partial charge in [-0.15, -0.1) is 0 Å². The fraction of sp³-hybridized carbons (Fsp3) is 0.412. The van der Waals surface area contributed by atoms with Crippen LogP contribution in [-0.2, 0) is 78.7 Å². The Morgan fingerprint density at radius 3 is 1.97 bits per heavy atom. The summed E-state index contributed by atoms with van der Waals surface area (Å²) in [6, 6.07) is 21.1. The third-order valence-corrected chi connectivity index (χ3v) is 19.2. The van der Waals surface area contributed by atoms with Gasteiger partial charge in [-0.1, -0.05) is 78.9 Å². The van der Waals surface area contributed by atoms with Crippen LogP contribution in [0.4, 0.5) is 4.39 Å². The van der Waals surface area contributed by atoms with Crippen molar-refractivity contribution in [3.63, 3.8) is 0 Å². The van der Waals surface area contributed by atoms with Crippen molar-refractivity contribution in [2.24, 2.45) is 11.5 Å². The van der Waals surface area contributed by atoms with Crippen LogP contribution in [0.2, 0.25) is 0 Å². The van der Waals surface area contributed by atoms with Gasteiger partial charge in [-0.3, -0.25) is 47.9 Å². The molecule has 5 aromatic carbocycles. The molecular formula is C68H81FN12O11S2. The van der Waals surface area contributed by atoms with Gasteiger partial charge in [0.15, 0.2) is 0 Å². The summed E-state index contributed by atoms with van der Waals surface area (Å²) < 4.78 is 14.8. The molecule has 94 heavy (non-hydrogen) atoms. The Kier molecular flexibility index (Phi) is 24.5. The van der Waals surface area contributed by atoms with Gasteiger partial charge in [0.25, 0.3) is 0 Å². The largest absolute Gasteiger partial charge is 0.508 e. The zero-order valence-corrected chi connectivity index (χ0v) is 53.9. The van der Waals surface area contributed by atoms with E-state index in [4.69, 9.17) is 11.5 Å². The molecule has 1 aromatic heterocycles. The number of rotatable bonds is 11. The summed E-state index contributed by atoms with van der Waals surface area (Å²) in [7, 11) is 0. The maximum atomic E-state index is 15.3. The number of hydrogen-bond donors (Lipinski definition) is 11. The Labute approximate surface area is 552 Å². The minimum Gasteiger partial charge on any atom is -0.508 e.